The van der Waals surface area contributed by atoms with Gasteiger partial charge in [-0.05, 0) is 45.1 Å². The van der Waals surface area contributed by atoms with Crippen LogP contribution < -0.4 is 11.1 Å². The van der Waals surface area contributed by atoms with Crippen molar-refractivity contribution in [1.29, 1.82) is 0 Å². The summed E-state index contributed by atoms with van der Waals surface area (Å²) in [6.45, 7) is 6.71. The van der Waals surface area contributed by atoms with Crippen LogP contribution in [0.5, 0.6) is 0 Å². The first-order valence-electron chi connectivity index (χ1n) is 13.9. The van der Waals surface area contributed by atoms with E-state index in [9.17, 15) is 0 Å². The van der Waals surface area contributed by atoms with Gasteiger partial charge in [-0.3, -0.25) is 0 Å². The first kappa shape index (κ1) is 29.7. The van der Waals surface area contributed by atoms with Gasteiger partial charge in [-0.1, -0.05) is 122 Å². The SMILES string of the molecule is CCCCCCCCC=CCCCCCCCCC(N)CNCCCCCCCC. The Hall–Kier alpha value is -0.340. The lowest BCUT2D eigenvalue weighted by Gasteiger charge is -2.12. The molecule has 0 bridgehead atoms. The van der Waals surface area contributed by atoms with Gasteiger partial charge in [0.25, 0.3) is 0 Å². The molecule has 0 amide bonds. The van der Waals surface area contributed by atoms with Crippen LogP contribution in [-0.2, 0) is 0 Å². The number of nitrogens with one attached hydrogen (secondary N) is 1. The van der Waals surface area contributed by atoms with E-state index in [0.29, 0.717) is 6.04 Å². The Morgan fingerprint density at radius 2 is 1.00 bits per heavy atom. The zero-order valence-corrected chi connectivity index (χ0v) is 21.1. The molecule has 0 saturated carbocycles. The summed E-state index contributed by atoms with van der Waals surface area (Å²) in [6, 6.07) is 0.349. The summed E-state index contributed by atoms with van der Waals surface area (Å²) in [4.78, 5) is 0. The third-order valence-corrected chi connectivity index (χ3v) is 6.20. The van der Waals surface area contributed by atoms with E-state index in [2.05, 4.69) is 31.3 Å². The van der Waals surface area contributed by atoms with Crippen LogP contribution in [0, 0.1) is 0 Å². The Morgan fingerprint density at radius 3 is 1.53 bits per heavy atom. The molecule has 0 aromatic rings. The van der Waals surface area contributed by atoms with E-state index < -0.39 is 0 Å². The van der Waals surface area contributed by atoms with Gasteiger partial charge in [0.15, 0.2) is 0 Å². The quantitative estimate of drug-likeness (QED) is 0.114. The minimum absolute atomic E-state index is 0.349. The largest absolute Gasteiger partial charge is 0.327 e. The van der Waals surface area contributed by atoms with E-state index >= 15 is 0 Å². The van der Waals surface area contributed by atoms with Crippen molar-refractivity contribution in [3.05, 3.63) is 12.2 Å². The standard InChI is InChI=1S/C28H58N2/c1-3-5-7-9-11-12-13-14-15-16-17-18-19-20-21-23-25-28(29)27-30-26-24-22-10-8-6-4-2/h14-15,28,30H,3-13,16-27,29H2,1-2H3. The molecule has 0 aliphatic rings. The molecule has 0 spiro atoms. The lowest BCUT2D eigenvalue weighted by atomic mass is 10.0. The second kappa shape index (κ2) is 26.7. The van der Waals surface area contributed by atoms with Crippen molar-refractivity contribution in [1.82, 2.24) is 5.32 Å². The maximum Gasteiger partial charge on any atom is 0.0165 e. The number of nitrogens with two attached hydrogens (primary N) is 1. The van der Waals surface area contributed by atoms with E-state index in [0.717, 1.165) is 13.1 Å². The maximum atomic E-state index is 6.24. The third-order valence-electron chi connectivity index (χ3n) is 6.20. The molecule has 0 aliphatic heterocycles. The van der Waals surface area contributed by atoms with Gasteiger partial charge in [0.05, 0.1) is 0 Å². The Balaban J connectivity index is 3.18. The topological polar surface area (TPSA) is 38.0 Å². The minimum atomic E-state index is 0.349. The minimum Gasteiger partial charge on any atom is -0.327 e. The molecule has 2 nitrogen and oxygen atoms in total. The average molecular weight is 423 g/mol. The molecule has 30 heavy (non-hydrogen) atoms. The summed E-state index contributed by atoms with van der Waals surface area (Å²) in [7, 11) is 0. The molecule has 0 rings (SSSR count). The smallest absolute Gasteiger partial charge is 0.0165 e. The van der Waals surface area contributed by atoms with Crippen LogP contribution in [-0.4, -0.2) is 19.1 Å². The zero-order chi connectivity index (χ0) is 22.0. The van der Waals surface area contributed by atoms with Crippen molar-refractivity contribution in [2.24, 2.45) is 5.73 Å². The van der Waals surface area contributed by atoms with Gasteiger partial charge >= 0.3 is 0 Å². The van der Waals surface area contributed by atoms with Crippen LogP contribution in [0.4, 0.5) is 0 Å². The summed E-state index contributed by atoms with van der Waals surface area (Å²) in [5.41, 5.74) is 6.24. The summed E-state index contributed by atoms with van der Waals surface area (Å²) in [5.74, 6) is 0. The van der Waals surface area contributed by atoms with Crippen LogP contribution >= 0.6 is 0 Å². The van der Waals surface area contributed by atoms with Gasteiger partial charge in [0.1, 0.15) is 0 Å². The van der Waals surface area contributed by atoms with E-state index in [4.69, 9.17) is 5.73 Å². The van der Waals surface area contributed by atoms with Crippen molar-refractivity contribution >= 4 is 0 Å². The highest BCUT2D eigenvalue weighted by Gasteiger charge is 2.01. The van der Waals surface area contributed by atoms with Crippen LogP contribution in [0.1, 0.15) is 149 Å². The fourth-order valence-electron chi connectivity index (χ4n) is 4.07. The van der Waals surface area contributed by atoms with Crippen LogP contribution in [0.2, 0.25) is 0 Å². The molecule has 180 valence electrons. The summed E-state index contributed by atoms with van der Waals surface area (Å²) >= 11 is 0. The van der Waals surface area contributed by atoms with Crippen molar-refractivity contribution < 1.29 is 0 Å². The van der Waals surface area contributed by atoms with Gasteiger partial charge in [0.2, 0.25) is 0 Å². The Kier molecular flexibility index (Phi) is 26.4. The summed E-state index contributed by atoms with van der Waals surface area (Å²) in [5, 5.41) is 3.55. The Morgan fingerprint density at radius 1 is 0.567 bits per heavy atom. The highest BCUT2D eigenvalue weighted by molar-refractivity contribution is 4.81. The van der Waals surface area contributed by atoms with Crippen LogP contribution in [0.15, 0.2) is 12.2 Å². The highest BCUT2D eigenvalue weighted by Crippen LogP contribution is 2.11. The summed E-state index contributed by atoms with van der Waals surface area (Å²) in [6.07, 6.45) is 33.5. The highest BCUT2D eigenvalue weighted by atomic mass is 14.9. The number of rotatable bonds is 25. The molecule has 0 radical (unpaired) electrons. The molecule has 0 aromatic carbocycles. The van der Waals surface area contributed by atoms with Gasteiger partial charge < -0.3 is 11.1 Å². The number of hydrogen-bond donors (Lipinski definition) is 2. The van der Waals surface area contributed by atoms with Crippen LogP contribution in [0.25, 0.3) is 0 Å². The monoisotopic (exact) mass is 422 g/mol. The molecule has 0 saturated heterocycles. The molecular formula is C28H58N2. The Labute approximate surface area is 191 Å². The number of unbranched alkanes of at least 4 members (excludes halogenated alkanes) is 17. The molecule has 0 aromatic heterocycles. The number of hydrogen-bond acceptors (Lipinski definition) is 2. The predicted molar refractivity (Wildman–Crippen MR) is 138 cm³/mol. The van der Waals surface area contributed by atoms with Crippen molar-refractivity contribution in [3.8, 4) is 0 Å². The second-order valence-electron chi connectivity index (χ2n) is 9.46. The molecule has 1 unspecified atom stereocenters. The third kappa shape index (κ3) is 25.7. The number of allylic oxidation sites excluding steroid dienone is 2. The molecule has 0 heterocycles. The van der Waals surface area contributed by atoms with Gasteiger partial charge in [-0.2, -0.15) is 0 Å². The molecule has 1 atom stereocenters. The Bertz CT molecular complexity index is 327. The molecule has 2 heteroatoms. The van der Waals surface area contributed by atoms with E-state index in [-0.39, 0.29) is 0 Å². The fraction of sp³-hybridized carbons (Fsp3) is 0.929. The molecule has 0 aliphatic carbocycles. The van der Waals surface area contributed by atoms with Crippen molar-refractivity contribution in [2.45, 2.75) is 155 Å². The predicted octanol–water partition coefficient (Wildman–Crippen LogP) is 8.69. The fourth-order valence-corrected chi connectivity index (χ4v) is 4.07. The first-order valence-corrected chi connectivity index (χ1v) is 13.9. The van der Waals surface area contributed by atoms with Crippen molar-refractivity contribution in [2.75, 3.05) is 13.1 Å². The lowest BCUT2D eigenvalue weighted by Crippen LogP contribution is -2.34. The molecule has 0 fully saturated rings. The van der Waals surface area contributed by atoms with E-state index in [1.54, 1.807) is 0 Å². The van der Waals surface area contributed by atoms with Gasteiger partial charge in [0, 0.05) is 12.6 Å². The van der Waals surface area contributed by atoms with E-state index in [1.807, 2.05) is 0 Å². The maximum absolute atomic E-state index is 6.24. The average Bonchev–Trinajstić information content (AvgIpc) is 2.75. The second-order valence-corrected chi connectivity index (χ2v) is 9.46. The van der Waals surface area contributed by atoms with Crippen molar-refractivity contribution in [3.63, 3.8) is 0 Å². The summed E-state index contributed by atoms with van der Waals surface area (Å²) < 4.78 is 0. The lowest BCUT2D eigenvalue weighted by molar-refractivity contribution is 0.492. The van der Waals surface area contributed by atoms with Gasteiger partial charge in [-0.25, -0.2) is 0 Å². The molecule has 3 N–H and O–H groups in total. The van der Waals surface area contributed by atoms with Crippen LogP contribution in [0.3, 0.4) is 0 Å². The van der Waals surface area contributed by atoms with E-state index in [1.165, 1.54) is 135 Å². The first-order chi connectivity index (χ1) is 14.8. The van der Waals surface area contributed by atoms with Gasteiger partial charge in [-0.15, -0.1) is 0 Å². The molecular weight excluding hydrogens is 364 g/mol. The normalized spacial score (nSPS) is 12.8. The zero-order valence-electron chi connectivity index (χ0n) is 21.1.